The van der Waals surface area contributed by atoms with Crippen LogP contribution in [-0.2, 0) is 28.5 Å². The highest BCUT2D eigenvalue weighted by molar-refractivity contribution is 5.80. The van der Waals surface area contributed by atoms with Gasteiger partial charge in [0.1, 0.15) is 24.4 Å². The second kappa shape index (κ2) is 14.9. The topological polar surface area (TPSA) is 129 Å². The summed E-state index contributed by atoms with van der Waals surface area (Å²) in [4.78, 5) is 50.2. The second-order valence-electron chi connectivity index (χ2n) is 12.4. The van der Waals surface area contributed by atoms with Gasteiger partial charge in [-0.1, -0.05) is 20.8 Å². The van der Waals surface area contributed by atoms with Crippen molar-refractivity contribution < 1.29 is 38.1 Å². The number of rotatable bonds is 15. The predicted octanol–water partition coefficient (Wildman–Crippen LogP) is 5.80. The normalized spacial score (nSPS) is 19.2. The van der Waals surface area contributed by atoms with Crippen LogP contribution >= 0.6 is 0 Å². The quantitative estimate of drug-likeness (QED) is 0.144. The molecule has 2 rings (SSSR count). The molecule has 2 fully saturated rings. The van der Waals surface area contributed by atoms with Crippen LogP contribution in [0.3, 0.4) is 0 Å². The molecule has 0 aromatic rings. The molecule has 40 heavy (non-hydrogen) atoms. The average Bonchev–Trinajstić information content (AvgIpc) is 3.59. The Hall–Kier alpha value is -2.52. The molecule has 0 spiro atoms. The number of hydrogen-bond donors (Lipinski definition) is 2. The third-order valence-corrected chi connectivity index (χ3v) is 8.80. The molecule has 10 nitrogen and oxygen atoms in total. The van der Waals surface area contributed by atoms with Gasteiger partial charge in [0.15, 0.2) is 0 Å². The number of esters is 2. The van der Waals surface area contributed by atoms with Crippen molar-refractivity contribution in [2.24, 2.45) is 10.8 Å². The summed E-state index contributed by atoms with van der Waals surface area (Å²) in [5, 5.41) is 5.33. The van der Waals surface area contributed by atoms with E-state index < -0.39 is 35.0 Å². The van der Waals surface area contributed by atoms with Crippen molar-refractivity contribution in [1.82, 2.24) is 10.6 Å². The molecule has 2 N–H and O–H groups in total. The van der Waals surface area contributed by atoms with Crippen LogP contribution in [0.2, 0.25) is 0 Å². The molecule has 0 radical (unpaired) electrons. The van der Waals surface area contributed by atoms with Crippen LogP contribution in [0.1, 0.15) is 119 Å². The summed E-state index contributed by atoms with van der Waals surface area (Å²) in [7, 11) is 0. The van der Waals surface area contributed by atoms with E-state index in [1.54, 1.807) is 20.8 Å². The van der Waals surface area contributed by atoms with E-state index in [4.69, 9.17) is 18.9 Å². The first kappa shape index (κ1) is 33.7. The lowest BCUT2D eigenvalue weighted by Crippen LogP contribution is -2.41. The minimum Gasteiger partial charge on any atom is -0.463 e. The molecular weight excluding hydrogens is 516 g/mol. The third-order valence-electron chi connectivity index (χ3n) is 8.80. The first-order chi connectivity index (χ1) is 18.8. The number of amides is 2. The predicted molar refractivity (Wildman–Crippen MR) is 151 cm³/mol. The smallest absolute Gasteiger partial charge is 0.407 e. The number of carbonyl (C=O) groups is 4. The molecular formula is C30H52N2O8. The zero-order valence-electron chi connectivity index (χ0n) is 25.6. The molecule has 2 amide bonds. The largest absolute Gasteiger partial charge is 0.463 e. The molecule has 0 heterocycles. The maximum Gasteiger partial charge on any atom is 0.407 e. The summed E-state index contributed by atoms with van der Waals surface area (Å²) in [6.45, 7) is 11.4. The van der Waals surface area contributed by atoms with Crippen molar-refractivity contribution in [3.8, 4) is 0 Å². The van der Waals surface area contributed by atoms with Gasteiger partial charge in [0.2, 0.25) is 0 Å². The summed E-state index contributed by atoms with van der Waals surface area (Å²) < 4.78 is 22.2. The number of ether oxygens (including phenoxy) is 4. The highest BCUT2D eigenvalue weighted by Crippen LogP contribution is 2.39. The van der Waals surface area contributed by atoms with E-state index in [1.807, 2.05) is 20.8 Å². The van der Waals surface area contributed by atoms with Crippen LogP contribution in [0.4, 0.5) is 9.59 Å². The van der Waals surface area contributed by atoms with Crippen molar-refractivity contribution in [3.63, 3.8) is 0 Å². The molecule has 2 aliphatic carbocycles. The van der Waals surface area contributed by atoms with Crippen molar-refractivity contribution in [2.75, 3.05) is 26.3 Å². The van der Waals surface area contributed by atoms with Gasteiger partial charge in [-0.3, -0.25) is 9.59 Å². The van der Waals surface area contributed by atoms with Crippen molar-refractivity contribution in [1.29, 1.82) is 0 Å². The van der Waals surface area contributed by atoms with Crippen LogP contribution in [0, 0.1) is 10.8 Å². The van der Waals surface area contributed by atoms with Gasteiger partial charge in [-0.05, 0) is 97.8 Å². The Labute approximate surface area is 240 Å². The van der Waals surface area contributed by atoms with Crippen LogP contribution in [0.5, 0.6) is 0 Å². The van der Waals surface area contributed by atoms with E-state index in [0.29, 0.717) is 6.42 Å². The fraction of sp³-hybridized carbons (Fsp3) is 0.867. The van der Waals surface area contributed by atoms with Gasteiger partial charge in [0.25, 0.3) is 0 Å². The minimum absolute atomic E-state index is 0.00482. The zero-order chi connectivity index (χ0) is 29.9. The minimum atomic E-state index is -0.960. The van der Waals surface area contributed by atoms with Gasteiger partial charge in [-0.25, -0.2) is 9.59 Å². The Morgan fingerprint density at radius 2 is 1.07 bits per heavy atom. The molecule has 230 valence electrons. The molecule has 1 atom stereocenters. The SMILES string of the molecule is CCC1(OC(=O)NCCOC(=O)C(C)(C)CC(C)(CC)C(=O)OCCNC(=O)OC2(CC)CCCC2)CCCC1. The fourth-order valence-corrected chi connectivity index (χ4v) is 5.91. The van der Waals surface area contributed by atoms with E-state index in [0.717, 1.165) is 64.2 Å². The van der Waals surface area contributed by atoms with E-state index in [9.17, 15) is 19.2 Å². The van der Waals surface area contributed by atoms with E-state index in [1.165, 1.54) is 0 Å². The number of nitrogens with one attached hydrogen (secondary N) is 2. The Morgan fingerprint density at radius 1 is 0.675 bits per heavy atom. The average molecular weight is 569 g/mol. The van der Waals surface area contributed by atoms with Crippen molar-refractivity contribution >= 4 is 24.1 Å². The third kappa shape index (κ3) is 9.54. The van der Waals surface area contributed by atoms with Gasteiger partial charge in [0.05, 0.1) is 23.9 Å². The maximum absolute atomic E-state index is 13.0. The zero-order valence-corrected chi connectivity index (χ0v) is 25.6. The molecule has 1 unspecified atom stereocenters. The Kier molecular flexibility index (Phi) is 12.6. The van der Waals surface area contributed by atoms with Gasteiger partial charge in [0, 0.05) is 0 Å². The summed E-state index contributed by atoms with van der Waals surface area (Å²) in [6.07, 6.45) is 9.00. The lowest BCUT2D eigenvalue weighted by molar-refractivity contribution is -0.163. The highest BCUT2D eigenvalue weighted by Gasteiger charge is 2.43. The molecule has 0 aromatic heterocycles. The van der Waals surface area contributed by atoms with Gasteiger partial charge in [-0.2, -0.15) is 0 Å². The molecule has 0 bridgehead atoms. The molecule has 2 aliphatic rings. The second-order valence-corrected chi connectivity index (χ2v) is 12.4. The molecule has 0 saturated heterocycles. The summed E-state index contributed by atoms with van der Waals surface area (Å²) >= 11 is 0. The van der Waals surface area contributed by atoms with Crippen LogP contribution in [0.15, 0.2) is 0 Å². The van der Waals surface area contributed by atoms with Gasteiger partial charge < -0.3 is 29.6 Å². The standard InChI is InChI=1S/C30H52N2O8/c1-7-28(6,24(34)38-21-19-32-26(36)40-30(9-3)16-12-13-17-30)22-27(4,5)23(33)37-20-18-31-25(35)39-29(8-2)14-10-11-15-29/h7-22H2,1-6H3,(H,31,35)(H,32,36). The molecule has 0 aliphatic heterocycles. The molecule has 0 aromatic carbocycles. The lowest BCUT2D eigenvalue weighted by Gasteiger charge is -2.33. The van der Waals surface area contributed by atoms with Crippen molar-refractivity contribution in [2.45, 2.75) is 130 Å². The Balaban J connectivity index is 1.72. The van der Waals surface area contributed by atoms with E-state index in [-0.39, 0.29) is 43.9 Å². The molecule has 10 heteroatoms. The van der Waals surface area contributed by atoms with Gasteiger partial charge in [-0.15, -0.1) is 0 Å². The number of hydrogen-bond acceptors (Lipinski definition) is 8. The van der Waals surface area contributed by atoms with Crippen molar-refractivity contribution in [3.05, 3.63) is 0 Å². The first-order valence-electron chi connectivity index (χ1n) is 15.1. The number of carbonyl (C=O) groups excluding carboxylic acids is 4. The maximum atomic E-state index is 13.0. The van der Waals surface area contributed by atoms with Crippen LogP contribution < -0.4 is 10.6 Å². The lowest BCUT2D eigenvalue weighted by atomic mass is 9.72. The van der Waals surface area contributed by atoms with Gasteiger partial charge >= 0.3 is 24.1 Å². The summed E-state index contributed by atoms with van der Waals surface area (Å²) in [5.41, 5.74) is -2.64. The number of alkyl carbamates (subject to hydrolysis) is 2. The summed E-state index contributed by atoms with van der Waals surface area (Å²) in [5.74, 6) is -0.898. The molecule has 2 saturated carbocycles. The van der Waals surface area contributed by atoms with Crippen LogP contribution in [0.25, 0.3) is 0 Å². The highest BCUT2D eigenvalue weighted by atomic mass is 16.6. The van der Waals surface area contributed by atoms with Crippen LogP contribution in [-0.4, -0.2) is 61.6 Å². The Morgan fingerprint density at radius 3 is 1.45 bits per heavy atom. The monoisotopic (exact) mass is 568 g/mol. The fourth-order valence-electron chi connectivity index (χ4n) is 5.91. The van der Waals surface area contributed by atoms with E-state index in [2.05, 4.69) is 10.6 Å². The first-order valence-corrected chi connectivity index (χ1v) is 15.1. The summed E-state index contributed by atoms with van der Waals surface area (Å²) in [6, 6.07) is 0. The van der Waals surface area contributed by atoms with E-state index >= 15 is 0 Å². The Bertz CT molecular complexity index is 862.